The van der Waals surface area contributed by atoms with Crippen LogP contribution in [0.5, 0.6) is 0 Å². The first-order chi connectivity index (χ1) is 17.3. The normalized spacial score (nSPS) is 14.2. The van der Waals surface area contributed by atoms with Crippen molar-refractivity contribution in [3.63, 3.8) is 0 Å². The largest absolute Gasteiger partial charge is 0.469 e. The SMILES string of the molecule is COC(=O)[C@@H](C)CN(CCC(=O)NC1=C(Cl)NCN=C1NCc1ncc(C)cc1F)C(=O)OC(C)(C)C. The number of halogens is 2. The molecule has 2 heterocycles. The molecule has 3 N–H and O–H groups in total. The number of hydrogen-bond acceptors (Lipinski definition) is 9. The maximum Gasteiger partial charge on any atom is 0.410 e. The number of carbonyl (C=O) groups excluding carboxylic acids is 3. The zero-order valence-electron chi connectivity index (χ0n) is 21.9. The molecule has 13 heteroatoms. The van der Waals surface area contributed by atoms with Crippen molar-refractivity contribution in [2.24, 2.45) is 10.9 Å². The summed E-state index contributed by atoms with van der Waals surface area (Å²) in [5, 5.41) is 8.59. The van der Waals surface area contributed by atoms with Gasteiger partial charge in [0.2, 0.25) is 5.91 Å². The van der Waals surface area contributed by atoms with Crippen LogP contribution in [0.4, 0.5) is 9.18 Å². The first-order valence-corrected chi connectivity index (χ1v) is 12.1. The van der Waals surface area contributed by atoms with Gasteiger partial charge in [0, 0.05) is 25.7 Å². The van der Waals surface area contributed by atoms with Crippen LogP contribution in [0.2, 0.25) is 0 Å². The van der Waals surface area contributed by atoms with E-state index in [1.165, 1.54) is 18.1 Å². The lowest BCUT2D eigenvalue weighted by molar-refractivity contribution is -0.145. The summed E-state index contributed by atoms with van der Waals surface area (Å²) in [4.78, 5) is 47.0. The van der Waals surface area contributed by atoms with Gasteiger partial charge in [0.1, 0.15) is 34.8 Å². The standard InChI is InChI=1S/C24H34ClFN6O5/c1-14-9-16(26)17(27-10-14)11-28-21-19(20(25)29-13-30-21)31-18(33)7-8-32(12-15(2)22(34)36-6)23(35)37-24(3,4)5/h9-10,15,29H,7-8,11-13H2,1-6H3,(H,28,30)(H,31,33)/t15-/m0/s1. The number of amidine groups is 1. The van der Waals surface area contributed by atoms with Gasteiger partial charge >= 0.3 is 12.1 Å². The molecular formula is C24H34ClFN6O5. The molecule has 0 unspecified atom stereocenters. The van der Waals surface area contributed by atoms with E-state index in [9.17, 15) is 18.8 Å². The minimum atomic E-state index is -0.763. The Kier molecular flexibility index (Phi) is 10.7. The molecule has 0 aliphatic carbocycles. The number of nitrogens with zero attached hydrogens (tertiary/aromatic N) is 3. The van der Waals surface area contributed by atoms with Crippen molar-refractivity contribution in [1.29, 1.82) is 0 Å². The minimum absolute atomic E-state index is 0.00323. The number of methoxy groups -OCH3 is 1. The van der Waals surface area contributed by atoms with Crippen LogP contribution in [0, 0.1) is 18.7 Å². The van der Waals surface area contributed by atoms with Crippen LogP contribution in [0.1, 0.15) is 45.4 Å². The third-order valence-corrected chi connectivity index (χ3v) is 5.35. The van der Waals surface area contributed by atoms with Gasteiger partial charge in [0.25, 0.3) is 0 Å². The highest BCUT2D eigenvalue weighted by Gasteiger charge is 2.27. The zero-order chi connectivity index (χ0) is 27.8. The van der Waals surface area contributed by atoms with Crippen molar-refractivity contribution in [2.45, 2.75) is 53.2 Å². The molecule has 2 rings (SSSR count). The molecule has 37 heavy (non-hydrogen) atoms. The molecule has 0 spiro atoms. The van der Waals surface area contributed by atoms with Gasteiger partial charge in [-0.15, -0.1) is 0 Å². The first kappa shape index (κ1) is 29.8. The number of nitrogens with one attached hydrogen (secondary N) is 3. The summed E-state index contributed by atoms with van der Waals surface area (Å²) in [5.74, 6) is -1.80. The van der Waals surface area contributed by atoms with E-state index in [4.69, 9.17) is 21.1 Å². The lowest BCUT2D eigenvalue weighted by atomic mass is 10.1. The predicted molar refractivity (Wildman–Crippen MR) is 136 cm³/mol. The summed E-state index contributed by atoms with van der Waals surface area (Å²) in [6, 6.07) is 1.37. The van der Waals surface area contributed by atoms with Crippen molar-refractivity contribution in [1.82, 2.24) is 25.8 Å². The van der Waals surface area contributed by atoms with Gasteiger partial charge in [-0.05, 0) is 39.3 Å². The Hall–Kier alpha value is -3.41. The van der Waals surface area contributed by atoms with Crippen LogP contribution in [-0.4, -0.2) is 66.2 Å². The van der Waals surface area contributed by atoms with E-state index in [1.54, 1.807) is 40.8 Å². The highest BCUT2D eigenvalue weighted by Crippen LogP contribution is 2.14. The number of ether oxygens (including phenoxy) is 2. The Labute approximate surface area is 220 Å². The highest BCUT2D eigenvalue weighted by atomic mass is 35.5. The average molecular weight is 541 g/mol. The number of aryl methyl sites for hydroxylation is 1. The summed E-state index contributed by atoms with van der Waals surface area (Å²) in [6.45, 7) is 8.65. The summed E-state index contributed by atoms with van der Waals surface area (Å²) < 4.78 is 24.3. The fourth-order valence-corrected chi connectivity index (χ4v) is 3.40. The second kappa shape index (κ2) is 13.2. The number of amides is 2. The fraction of sp³-hybridized carbons (Fsp3) is 0.542. The number of aliphatic imine (C=N–C) groups is 1. The molecule has 2 amide bonds. The molecule has 204 valence electrons. The van der Waals surface area contributed by atoms with Crippen LogP contribution < -0.4 is 16.0 Å². The van der Waals surface area contributed by atoms with Crippen LogP contribution in [0.3, 0.4) is 0 Å². The average Bonchev–Trinajstić information content (AvgIpc) is 2.81. The number of hydrogen-bond donors (Lipinski definition) is 3. The van der Waals surface area contributed by atoms with Gasteiger partial charge in [-0.3, -0.25) is 14.6 Å². The Morgan fingerprint density at radius 3 is 2.65 bits per heavy atom. The van der Waals surface area contributed by atoms with Crippen molar-refractivity contribution in [3.8, 4) is 0 Å². The molecule has 0 radical (unpaired) electrons. The topological polar surface area (TPSA) is 134 Å². The summed E-state index contributed by atoms with van der Waals surface area (Å²) in [6.07, 6.45) is 0.763. The Bertz CT molecular complexity index is 1070. The minimum Gasteiger partial charge on any atom is -0.469 e. The molecular weight excluding hydrogens is 507 g/mol. The molecule has 0 saturated heterocycles. The lowest BCUT2D eigenvalue weighted by Gasteiger charge is -2.28. The van der Waals surface area contributed by atoms with Crippen LogP contribution >= 0.6 is 11.6 Å². The number of carbonyl (C=O) groups is 3. The molecule has 1 aliphatic rings. The lowest BCUT2D eigenvalue weighted by Crippen LogP contribution is -2.44. The van der Waals surface area contributed by atoms with E-state index in [1.807, 2.05) is 0 Å². The Morgan fingerprint density at radius 2 is 2.03 bits per heavy atom. The molecule has 0 saturated carbocycles. The molecule has 0 aromatic carbocycles. The van der Waals surface area contributed by atoms with Crippen LogP contribution in [0.25, 0.3) is 0 Å². The molecule has 11 nitrogen and oxygen atoms in total. The van der Waals surface area contributed by atoms with Crippen LogP contribution in [-0.2, 0) is 25.6 Å². The van der Waals surface area contributed by atoms with E-state index < -0.39 is 35.3 Å². The number of rotatable bonds is 9. The predicted octanol–water partition coefficient (Wildman–Crippen LogP) is 2.54. The second-order valence-electron chi connectivity index (χ2n) is 9.47. The van der Waals surface area contributed by atoms with Gasteiger partial charge in [0.15, 0.2) is 0 Å². The van der Waals surface area contributed by atoms with Crippen molar-refractivity contribution in [2.75, 3.05) is 26.9 Å². The van der Waals surface area contributed by atoms with Crippen molar-refractivity contribution >= 4 is 35.4 Å². The molecule has 1 aromatic heterocycles. The highest BCUT2D eigenvalue weighted by molar-refractivity contribution is 6.32. The van der Waals surface area contributed by atoms with E-state index >= 15 is 0 Å². The smallest absolute Gasteiger partial charge is 0.410 e. The van der Waals surface area contributed by atoms with Crippen molar-refractivity contribution < 1.29 is 28.2 Å². The third kappa shape index (κ3) is 9.52. The van der Waals surface area contributed by atoms with Gasteiger partial charge in [-0.25, -0.2) is 14.2 Å². The fourth-order valence-electron chi connectivity index (χ4n) is 3.21. The monoisotopic (exact) mass is 540 g/mol. The van der Waals surface area contributed by atoms with Gasteiger partial charge in [0.05, 0.1) is 25.3 Å². The Morgan fingerprint density at radius 1 is 1.32 bits per heavy atom. The first-order valence-electron chi connectivity index (χ1n) is 11.7. The number of pyridine rings is 1. The zero-order valence-corrected chi connectivity index (χ0v) is 22.7. The Balaban J connectivity index is 2.05. The van der Waals surface area contributed by atoms with E-state index in [-0.39, 0.29) is 55.1 Å². The number of aromatic nitrogens is 1. The maximum absolute atomic E-state index is 14.2. The van der Waals surface area contributed by atoms with E-state index in [0.717, 1.165) is 0 Å². The van der Waals surface area contributed by atoms with Gasteiger partial charge < -0.3 is 30.3 Å². The maximum atomic E-state index is 14.2. The molecule has 0 bridgehead atoms. The van der Waals surface area contributed by atoms with Gasteiger partial charge in [-0.2, -0.15) is 0 Å². The van der Waals surface area contributed by atoms with Crippen molar-refractivity contribution in [3.05, 3.63) is 40.2 Å². The quantitative estimate of drug-likeness (QED) is 0.321. The molecule has 0 fully saturated rings. The summed E-state index contributed by atoms with van der Waals surface area (Å²) in [7, 11) is 1.26. The summed E-state index contributed by atoms with van der Waals surface area (Å²) >= 11 is 6.27. The van der Waals surface area contributed by atoms with Gasteiger partial charge in [-0.1, -0.05) is 18.5 Å². The molecule has 1 atom stereocenters. The molecule has 1 aliphatic heterocycles. The second-order valence-corrected chi connectivity index (χ2v) is 9.85. The molecule has 1 aromatic rings. The summed E-state index contributed by atoms with van der Waals surface area (Å²) in [5.41, 5.74) is 0.289. The third-order valence-electron chi connectivity index (χ3n) is 5.03. The van der Waals surface area contributed by atoms with Crippen LogP contribution in [0.15, 0.2) is 28.1 Å². The number of esters is 1. The van der Waals surface area contributed by atoms with E-state index in [0.29, 0.717) is 5.56 Å². The van der Waals surface area contributed by atoms with E-state index in [2.05, 4.69) is 25.9 Å².